The van der Waals surface area contributed by atoms with Crippen molar-refractivity contribution in [1.29, 1.82) is 0 Å². The van der Waals surface area contributed by atoms with E-state index in [1.54, 1.807) is 0 Å². The minimum atomic E-state index is 0.265. The van der Waals surface area contributed by atoms with Crippen LogP contribution in [0.2, 0.25) is 5.02 Å². The highest BCUT2D eigenvalue weighted by molar-refractivity contribution is 6.30. The van der Waals surface area contributed by atoms with Crippen LogP contribution in [0, 0.1) is 0 Å². The summed E-state index contributed by atoms with van der Waals surface area (Å²) in [5, 5.41) is 4.31. The van der Waals surface area contributed by atoms with Gasteiger partial charge < -0.3 is 10.1 Å². The third kappa shape index (κ3) is 2.88. The third-order valence-corrected chi connectivity index (χ3v) is 4.33. The van der Waals surface area contributed by atoms with Gasteiger partial charge in [0.25, 0.3) is 0 Å². The second kappa shape index (κ2) is 5.31. The van der Waals surface area contributed by atoms with Gasteiger partial charge in [0.1, 0.15) is 11.9 Å². The Hall–Kier alpha value is -0.770. The lowest BCUT2D eigenvalue weighted by atomic mass is 10.1. The Kier molecular flexibility index (Phi) is 3.70. The quantitative estimate of drug-likeness (QED) is 0.900. The van der Waals surface area contributed by atoms with Gasteiger partial charge in [-0.15, -0.1) is 0 Å². The monoisotopic (exact) mass is 280 g/mol. The van der Waals surface area contributed by atoms with Crippen LogP contribution >= 0.6 is 11.6 Å². The van der Waals surface area contributed by atoms with Crippen LogP contribution in [-0.4, -0.2) is 42.7 Å². The van der Waals surface area contributed by atoms with Gasteiger partial charge in [-0.05, 0) is 37.6 Å². The maximum Gasteiger partial charge on any atom is 0.123 e. The Balaban J connectivity index is 1.63. The zero-order valence-electron chi connectivity index (χ0n) is 11.5. The topological polar surface area (TPSA) is 24.5 Å². The lowest BCUT2D eigenvalue weighted by Crippen LogP contribution is -2.56. The first kappa shape index (κ1) is 13.2. The van der Waals surface area contributed by atoms with Crippen LogP contribution < -0.4 is 10.1 Å². The van der Waals surface area contributed by atoms with Gasteiger partial charge in [-0.25, -0.2) is 0 Å². The fourth-order valence-corrected chi connectivity index (χ4v) is 3.20. The zero-order chi connectivity index (χ0) is 13.4. The van der Waals surface area contributed by atoms with E-state index in [2.05, 4.69) is 24.1 Å². The number of nitrogens with one attached hydrogen (secondary N) is 1. The molecule has 0 saturated carbocycles. The van der Waals surface area contributed by atoms with Gasteiger partial charge in [-0.2, -0.15) is 0 Å². The molecule has 3 rings (SSSR count). The molecule has 2 aliphatic heterocycles. The SMILES string of the molecule is CC1CN(CC2Cc3cc(Cl)ccc3O2)C(C)CN1. The summed E-state index contributed by atoms with van der Waals surface area (Å²) in [6, 6.07) is 7.06. The van der Waals surface area contributed by atoms with Crippen molar-refractivity contribution in [2.24, 2.45) is 0 Å². The average Bonchev–Trinajstić information content (AvgIpc) is 2.75. The molecule has 1 aromatic rings. The molecule has 2 aliphatic rings. The molecule has 2 heterocycles. The summed E-state index contributed by atoms with van der Waals surface area (Å²) >= 11 is 6.03. The number of piperazine rings is 1. The average molecular weight is 281 g/mol. The first-order chi connectivity index (χ1) is 9.11. The molecule has 0 amide bonds. The Morgan fingerprint density at radius 3 is 3.11 bits per heavy atom. The number of nitrogens with zero attached hydrogens (tertiary/aromatic N) is 1. The van der Waals surface area contributed by atoms with Gasteiger partial charge in [0, 0.05) is 43.2 Å². The molecule has 0 radical (unpaired) electrons. The molecule has 3 atom stereocenters. The minimum Gasteiger partial charge on any atom is -0.488 e. The fraction of sp³-hybridized carbons (Fsp3) is 0.600. The van der Waals surface area contributed by atoms with Crippen LogP contribution in [0.5, 0.6) is 5.75 Å². The van der Waals surface area contributed by atoms with Crippen molar-refractivity contribution in [3.8, 4) is 5.75 Å². The highest BCUT2D eigenvalue weighted by atomic mass is 35.5. The standard InChI is InChI=1S/C15H21ClN2O/c1-10-8-18(11(2)7-17-10)9-14-6-12-5-13(16)3-4-15(12)19-14/h3-5,10-11,14,17H,6-9H2,1-2H3. The summed E-state index contributed by atoms with van der Waals surface area (Å²) in [5.74, 6) is 1.00. The summed E-state index contributed by atoms with van der Waals surface area (Å²) in [6.07, 6.45) is 1.24. The Morgan fingerprint density at radius 1 is 1.42 bits per heavy atom. The Labute approximate surface area is 119 Å². The molecule has 3 nitrogen and oxygen atoms in total. The lowest BCUT2D eigenvalue weighted by Gasteiger charge is -2.38. The number of ether oxygens (including phenoxy) is 1. The van der Waals surface area contributed by atoms with Crippen LogP contribution in [-0.2, 0) is 6.42 Å². The number of benzene rings is 1. The molecular weight excluding hydrogens is 260 g/mol. The predicted octanol–water partition coefficient (Wildman–Crippen LogP) is 2.33. The number of rotatable bonds is 2. The van der Waals surface area contributed by atoms with E-state index in [9.17, 15) is 0 Å². The first-order valence-electron chi connectivity index (χ1n) is 7.04. The molecule has 0 aromatic heterocycles. The van der Waals surface area contributed by atoms with E-state index in [4.69, 9.17) is 16.3 Å². The zero-order valence-corrected chi connectivity index (χ0v) is 12.3. The summed E-state index contributed by atoms with van der Waals surface area (Å²) in [4.78, 5) is 2.53. The minimum absolute atomic E-state index is 0.265. The van der Waals surface area contributed by atoms with Crippen LogP contribution in [0.4, 0.5) is 0 Å². The van der Waals surface area contributed by atoms with E-state index in [1.807, 2.05) is 18.2 Å². The van der Waals surface area contributed by atoms with Crippen molar-refractivity contribution in [3.63, 3.8) is 0 Å². The van der Waals surface area contributed by atoms with Gasteiger partial charge in [0.2, 0.25) is 0 Å². The molecule has 104 valence electrons. The molecule has 0 spiro atoms. The van der Waals surface area contributed by atoms with Crippen molar-refractivity contribution in [1.82, 2.24) is 10.2 Å². The van der Waals surface area contributed by atoms with Crippen molar-refractivity contribution in [2.45, 2.75) is 38.5 Å². The normalized spacial score (nSPS) is 31.0. The number of halogens is 1. The molecule has 1 fully saturated rings. The fourth-order valence-electron chi connectivity index (χ4n) is 3.00. The first-order valence-corrected chi connectivity index (χ1v) is 7.42. The van der Waals surface area contributed by atoms with Gasteiger partial charge in [0.15, 0.2) is 0 Å². The van der Waals surface area contributed by atoms with Crippen LogP contribution in [0.1, 0.15) is 19.4 Å². The van der Waals surface area contributed by atoms with Crippen LogP contribution in [0.15, 0.2) is 18.2 Å². The molecule has 0 bridgehead atoms. The van der Waals surface area contributed by atoms with Crippen LogP contribution in [0.3, 0.4) is 0 Å². The van der Waals surface area contributed by atoms with Crippen molar-refractivity contribution in [3.05, 3.63) is 28.8 Å². The molecule has 3 unspecified atom stereocenters. The molecule has 4 heteroatoms. The van der Waals surface area contributed by atoms with E-state index >= 15 is 0 Å². The second-order valence-electron chi connectivity index (χ2n) is 5.81. The highest BCUT2D eigenvalue weighted by Gasteiger charge is 2.29. The highest BCUT2D eigenvalue weighted by Crippen LogP contribution is 2.31. The van der Waals surface area contributed by atoms with E-state index < -0.39 is 0 Å². The van der Waals surface area contributed by atoms with Gasteiger partial charge >= 0.3 is 0 Å². The summed E-state index contributed by atoms with van der Waals surface area (Å²) in [7, 11) is 0. The van der Waals surface area contributed by atoms with E-state index in [1.165, 1.54) is 5.56 Å². The molecule has 19 heavy (non-hydrogen) atoms. The number of hydrogen-bond acceptors (Lipinski definition) is 3. The molecule has 0 aliphatic carbocycles. The van der Waals surface area contributed by atoms with E-state index in [0.717, 1.165) is 36.8 Å². The van der Waals surface area contributed by atoms with Gasteiger partial charge in [0.05, 0.1) is 0 Å². The van der Waals surface area contributed by atoms with Gasteiger partial charge in [-0.3, -0.25) is 4.90 Å². The van der Waals surface area contributed by atoms with E-state index in [0.29, 0.717) is 12.1 Å². The lowest BCUT2D eigenvalue weighted by molar-refractivity contribution is 0.0907. The molecule has 1 saturated heterocycles. The maximum atomic E-state index is 6.03. The summed E-state index contributed by atoms with van der Waals surface area (Å²) in [6.45, 7) is 7.67. The van der Waals surface area contributed by atoms with Crippen LogP contribution in [0.25, 0.3) is 0 Å². The Morgan fingerprint density at radius 2 is 2.26 bits per heavy atom. The summed E-state index contributed by atoms with van der Waals surface area (Å²) < 4.78 is 6.03. The predicted molar refractivity (Wildman–Crippen MR) is 78.1 cm³/mol. The Bertz CT molecular complexity index is 465. The molecule has 1 aromatic carbocycles. The van der Waals surface area contributed by atoms with Gasteiger partial charge in [-0.1, -0.05) is 11.6 Å². The molecule has 1 N–H and O–H groups in total. The maximum absolute atomic E-state index is 6.03. The number of fused-ring (bicyclic) bond motifs is 1. The number of hydrogen-bond donors (Lipinski definition) is 1. The third-order valence-electron chi connectivity index (χ3n) is 4.10. The van der Waals surface area contributed by atoms with Crippen molar-refractivity contribution < 1.29 is 4.74 Å². The van der Waals surface area contributed by atoms with E-state index in [-0.39, 0.29) is 6.10 Å². The largest absolute Gasteiger partial charge is 0.488 e. The second-order valence-corrected chi connectivity index (χ2v) is 6.24. The van der Waals surface area contributed by atoms with Crippen molar-refractivity contribution in [2.75, 3.05) is 19.6 Å². The smallest absolute Gasteiger partial charge is 0.123 e. The summed E-state index contributed by atoms with van der Waals surface area (Å²) in [5.41, 5.74) is 1.24. The molecular formula is C15H21ClN2O. The van der Waals surface area contributed by atoms with Crippen molar-refractivity contribution >= 4 is 11.6 Å².